The van der Waals surface area contributed by atoms with E-state index in [0.717, 1.165) is 10.9 Å². The third-order valence-corrected chi connectivity index (χ3v) is 3.87. The van der Waals surface area contributed by atoms with Gasteiger partial charge in [0.15, 0.2) is 6.61 Å². The average Bonchev–Trinajstić information content (AvgIpc) is 2.54. The zero-order valence-corrected chi connectivity index (χ0v) is 14.4. The molecular weight excluding hydrogens is 358 g/mol. The van der Waals surface area contributed by atoms with Crippen LogP contribution in [-0.4, -0.2) is 25.0 Å². The van der Waals surface area contributed by atoms with Crippen LogP contribution in [0, 0.1) is 6.92 Å². The topological polar surface area (TPSA) is 55.4 Å². The Balaban J connectivity index is 1.73. The van der Waals surface area contributed by atoms with Crippen molar-refractivity contribution in [2.24, 2.45) is 0 Å². The maximum atomic E-state index is 11.8. The maximum Gasteiger partial charge on any atom is 0.338 e. The van der Waals surface area contributed by atoms with Crippen LogP contribution in [0.4, 0.5) is 0 Å². The smallest absolute Gasteiger partial charge is 0.338 e. The fraction of sp³-hybridized carbons (Fsp3) is 0.222. The normalized spacial score (nSPS) is 10.2. The van der Waals surface area contributed by atoms with E-state index in [1.807, 2.05) is 37.3 Å². The SMILES string of the molecule is Cc1ccccc1CCNC(=O)COC(=O)c1cccc(Br)c1. The van der Waals surface area contributed by atoms with Gasteiger partial charge in [0.1, 0.15) is 0 Å². The molecule has 0 saturated heterocycles. The second-order valence-corrected chi connectivity index (χ2v) is 6.03. The van der Waals surface area contributed by atoms with Gasteiger partial charge < -0.3 is 10.1 Å². The van der Waals surface area contributed by atoms with Crippen LogP contribution in [0.2, 0.25) is 0 Å². The summed E-state index contributed by atoms with van der Waals surface area (Å²) in [7, 11) is 0. The molecule has 0 spiro atoms. The van der Waals surface area contributed by atoms with Gasteiger partial charge in [-0.3, -0.25) is 4.79 Å². The molecule has 0 saturated carbocycles. The molecule has 5 heteroatoms. The predicted molar refractivity (Wildman–Crippen MR) is 92.3 cm³/mol. The summed E-state index contributed by atoms with van der Waals surface area (Å²) in [6, 6.07) is 14.9. The van der Waals surface area contributed by atoms with E-state index in [4.69, 9.17) is 4.74 Å². The summed E-state index contributed by atoms with van der Waals surface area (Å²) in [6.07, 6.45) is 0.748. The van der Waals surface area contributed by atoms with Crippen LogP contribution in [0.15, 0.2) is 53.0 Å². The number of rotatable bonds is 6. The van der Waals surface area contributed by atoms with Crippen molar-refractivity contribution in [3.05, 3.63) is 69.7 Å². The number of carbonyl (C=O) groups is 2. The van der Waals surface area contributed by atoms with E-state index < -0.39 is 5.97 Å². The van der Waals surface area contributed by atoms with Crippen LogP contribution in [0.5, 0.6) is 0 Å². The molecule has 1 amide bonds. The highest BCUT2D eigenvalue weighted by molar-refractivity contribution is 9.10. The van der Waals surface area contributed by atoms with Crippen molar-refractivity contribution < 1.29 is 14.3 Å². The van der Waals surface area contributed by atoms with Gasteiger partial charge in [-0.2, -0.15) is 0 Å². The van der Waals surface area contributed by atoms with Crippen molar-refractivity contribution in [1.82, 2.24) is 5.32 Å². The monoisotopic (exact) mass is 375 g/mol. The quantitative estimate of drug-likeness (QED) is 0.788. The molecule has 2 aromatic rings. The molecule has 4 nitrogen and oxygen atoms in total. The van der Waals surface area contributed by atoms with Gasteiger partial charge in [0.2, 0.25) is 0 Å². The molecule has 0 aliphatic carbocycles. The van der Waals surface area contributed by atoms with Crippen LogP contribution in [0.1, 0.15) is 21.5 Å². The van der Waals surface area contributed by atoms with Crippen molar-refractivity contribution in [3.8, 4) is 0 Å². The number of carbonyl (C=O) groups excluding carboxylic acids is 2. The Morgan fingerprint density at radius 3 is 2.65 bits per heavy atom. The van der Waals surface area contributed by atoms with E-state index in [-0.39, 0.29) is 12.5 Å². The number of benzene rings is 2. The van der Waals surface area contributed by atoms with Crippen LogP contribution in [0.3, 0.4) is 0 Å². The summed E-state index contributed by atoms with van der Waals surface area (Å²) < 4.78 is 5.79. The standard InChI is InChI=1S/C18H18BrNO3/c1-13-5-2-3-6-14(13)9-10-20-17(21)12-23-18(22)15-7-4-8-16(19)11-15/h2-8,11H,9-10,12H2,1H3,(H,20,21). The van der Waals surface area contributed by atoms with Gasteiger partial charge >= 0.3 is 5.97 Å². The number of hydrogen-bond acceptors (Lipinski definition) is 3. The molecule has 2 rings (SSSR count). The lowest BCUT2D eigenvalue weighted by Crippen LogP contribution is -2.30. The summed E-state index contributed by atoms with van der Waals surface area (Å²) in [6.45, 7) is 2.27. The number of esters is 1. The lowest BCUT2D eigenvalue weighted by atomic mass is 10.1. The number of hydrogen-bond donors (Lipinski definition) is 1. The highest BCUT2D eigenvalue weighted by atomic mass is 79.9. The van der Waals surface area contributed by atoms with Gasteiger partial charge in [-0.05, 0) is 42.7 Å². The summed E-state index contributed by atoms with van der Waals surface area (Å²) in [5.41, 5.74) is 2.80. The summed E-state index contributed by atoms with van der Waals surface area (Å²) in [5, 5.41) is 2.75. The number of halogens is 1. The molecule has 0 aliphatic heterocycles. The Hall–Kier alpha value is -2.14. The van der Waals surface area contributed by atoms with Crippen LogP contribution >= 0.6 is 15.9 Å². The molecule has 0 atom stereocenters. The van der Waals surface area contributed by atoms with Crippen molar-refractivity contribution in [2.75, 3.05) is 13.2 Å². The molecule has 0 fully saturated rings. The number of aryl methyl sites for hydroxylation is 1. The molecule has 120 valence electrons. The van der Waals surface area contributed by atoms with Crippen LogP contribution in [-0.2, 0) is 16.0 Å². The Bertz CT molecular complexity index is 700. The van der Waals surface area contributed by atoms with Gasteiger partial charge in [0.05, 0.1) is 5.56 Å². The molecular formula is C18H18BrNO3. The van der Waals surface area contributed by atoms with Gasteiger partial charge in [-0.25, -0.2) is 4.79 Å². The minimum atomic E-state index is -0.514. The summed E-state index contributed by atoms with van der Waals surface area (Å²) in [5.74, 6) is -0.817. The van der Waals surface area contributed by atoms with E-state index in [1.54, 1.807) is 18.2 Å². The third kappa shape index (κ3) is 5.53. The van der Waals surface area contributed by atoms with Gasteiger partial charge in [0, 0.05) is 11.0 Å². The van der Waals surface area contributed by atoms with E-state index in [9.17, 15) is 9.59 Å². The fourth-order valence-corrected chi connectivity index (χ4v) is 2.51. The van der Waals surface area contributed by atoms with Gasteiger partial charge in [0.25, 0.3) is 5.91 Å². The average molecular weight is 376 g/mol. The van der Waals surface area contributed by atoms with E-state index in [1.165, 1.54) is 11.1 Å². The van der Waals surface area contributed by atoms with E-state index in [0.29, 0.717) is 12.1 Å². The number of ether oxygens (including phenoxy) is 1. The van der Waals surface area contributed by atoms with Crippen molar-refractivity contribution in [1.29, 1.82) is 0 Å². The number of nitrogens with one attached hydrogen (secondary N) is 1. The number of amides is 1. The summed E-state index contributed by atoms with van der Waals surface area (Å²) in [4.78, 5) is 23.5. The Morgan fingerprint density at radius 2 is 1.91 bits per heavy atom. The first-order valence-electron chi connectivity index (χ1n) is 7.30. The minimum Gasteiger partial charge on any atom is -0.452 e. The second-order valence-electron chi connectivity index (χ2n) is 5.11. The minimum absolute atomic E-state index is 0.279. The zero-order valence-electron chi connectivity index (χ0n) is 12.8. The van der Waals surface area contributed by atoms with E-state index in [2.05, 4.69) is 21.2 Å². The Kier molecular flexibility index (Phi) is 6.35. The van der Waals surface area contributed by atoms with Gasteiger partial charge in [-0.15, -0.1) is 0 Å². The first kappa shape index (κ1) is 17.2. The van der Waals surface area contributed by atoms with Crippen LogP contribution in [0.25, 0.3) is 0 Å². The van der Waals surface area contributed by atoms with Gasteiger partial charge in [-0.1, -0.05) is 46.3 Å². The Labute approximate surface area is 144 Å². The third-order valence-electron chi connectivity index (χ3n) is 3.37. The zero-order chi connectivity index (χ0) is 16.7. The largest absolute Gasteiger partial charge is 0.452 e. The first-order valence-corrected chi connectivity index (χ1v) is 8.09. The molecule has 23 heavy (non-hydrogen) atoms. The lowest BCUT2D eigenvalue weighted by Gasteiger charge is -2.08. The molecule has 0 aromatic heterocycles. The second kappa shape index (κ2) is 8.48. The molecule has 0 aliphatic rings. The van der Waals surface area contributed by atoms with Crippen LogP contribution < -0.4 is 5.32 Å². The molecule has 0 unspecified atom stereocenters. The van der Waals surface area contributed by atoms with Crippen molar-refractivity contribution >= 4 is 27.8 Å². The molecule has 1 N–H and O–H groups in total. The molecule has 0 bridgehead atoms. The highest BCUT2D eigenvalue weighted by Crippen LogP contribution is 2.12. The predicted octanol–water partition coefficient (Wildman–Crippen LogP) is 3.27. The highest BCUT2D eigenvalue weighted by Gasteiger charge is 2.10. The molecule has 2 aromatic carbocycles. The van der Waals surface area contributed by atoms with Crippen molar-refractivity contribution in [2.45, 2.75) is 13.3 Å². The maximum absolute atomic E-state index is 11.8. The summed E-state index contributed by atoms with van der Waals surface area (Å²) >= 11 is 3.29. The first-order chi connectivity index (χ1) is 11.1. The van der Waals surface area contributed by atoms with Crippen molar-refractivity contribution in [3.63, 3.8) is 0 Å². The lowest BCUT2D eigenvalue weighted by molar-refractivity contribution is -0.124. The molecule has 0 radical (unpaired) electrons. The Morgan fingerprint density at radius 1 is 1.13 bits per heavy atom. The molecule has 0 heterocycles. The van der Waals surface area contributed by atoms with E-state index >= 15 is 0 Å². The fourth-order valence-electron chi connectivity index (χ4n) is 2.11.